The molecule has 3 rings (SSSR count). The van der Waals surface area contributed by atoms with Crippen LogP contribution in [0.15, 0.2) is 24.3 Å². The summed E-state index contributed by atoms with van der Waals surface area (Å²) in [7, 11) is 0. The fraction of sp³-hybridized carbons (Fsp3) is 0.647. The molecule has 1 aromatic rings. The predicted molar refractivity (Wildman–Crippen MR) is 80.4 cm³/mol. The molecule has 2 aliphatic rings. The lowest BCUT2D eigenvalue weighted by molar-refractivity contribution is 0.225. The van der Waals surface area contributed by atoms with Gasteiger partial charge in [0.2, 0.25) is 0 Å². The number of likely N-dealkylation sites (N-methyl/N-ethyl adjacent to an activating group) is 1. The topological polar surface area (TPSA) is 15.3 Å². The van der Waals surface area contributed by atoms with Crippen LogP contribution < -0.4 is 5.32 Å². The van der Waals surface area contributed by atoms with Crippen molar-refractivity contribution in [3.63, 3.8) is 0 Å². The van der Waals surface area contributed by atoms with Gasteiger partial charge in [-0.1, -0.05) is 19.1 Å². The van der Waals surface area contributed by atoms with Crippen molar-refractivity contribution < 1.29 is 4.39 Å². The van der Waals surface area contributed by atoms with Crippen LogP contribution in [0.3, 0.4) is 0 Å². The second-order valence-corrected chi connectivity index (χ2v) is 6.25. The molecule has 20 heavy (non-hydrogen) atoms. The Hall–Kier alpha value is -0.930. The highest BCUT2D eigenvalue weighted by Crippen LogP contribution is 2.36. The summed E-state index contributed by atoms with van der Waals surface area (Å²) >= 11 is 0. The maximum absolute atomic E-state index is 12.9. The van der Waals surface area contributed by atoms with Crippen molar-refractivity contribution in [3.8, 4) is 0 Å². The van der Waals surface area contributed by atoms with Gasteiger partial charge in [-0.3, -0.25) is 4.90 Å². The van der Waals surface area contributed by atoms with E-state index in [9.17, 15) is 4.39 Å². The fourth-order valence-electron chi connectivity index (χ4n) is 3.64. The lowest BCUT2D eigenvalue weighted by Gasteiger charge is -2.37. The third-order valence-electron chi connectivity index (χ3n) is 5.03. The Bertz CT molecular complexity index is 425. The first kappa shape index (κ1) is 14.0. The lowest BCUT2D eigenvalue weighted by Crippen LogP contribution is -2.46. The van der Waals surface area contributed by atoms with Crippen LogP contribution in [-0.2, 0) is 0 Å². The SMILES string of the molecule is CCN1CCCC1CNC1CC(c2ccc(F)cc2)C1. The first-order valence-electron chi connectivity index (χ1n) is 7.99. The molecule has 3 heteroatoms. The zero-order valence-electron chi connectivity index (χ0n) is 12.3. The first-order valence-corrected chi connectivity index (χ1v) is 7.99. The molecule has 1 atom stereocenters. The summed E-state index contributed by atoms with van der Waals surface area (Å²) in [5.41, 5.74) is 1.29. The highest BCUT2D eigenvalue weighted by molar-refractivity contribution is 5.23. The molecular weight excluding hydrogens is 251 g/mol. The fourth-order valence-corrected chi connectivity index (χ4v) is 3.64. The van der Waals surface area contributed by atoms with Gasteiger partial charge in [0, 0.05) is 18.6 Å². The van der Waals surface area contributed by atoms with Crippen molar-refractivity contribution in [1.82, 2.24) is 10.2 Å². The summed E-state index contributed by atoms with van der Waals surface area (Å²) in [6.45, 7) is 5.84. The van der Waals surface area contributed by atoms with E-state index in [1.165, 1.54) is 44.3 Å². The number of halogens is 1. The van der Waals surface area contributed by atoms with Crippen molar-refractivity contribution in [2.75, 3.05) is 19.6 Å². The van der Waals surface area contributed by atoms with Gasteiger partial charge in [0.25, 0.3) is 0 Å². The molecule has 0 spiro atoms. The maximum Gasteiger partial charge on any atom is 0.123 e. The predicted octanol–water partition coefficient (Wildman–Crippen LogP) is 3.15. The molecule has 1 saturated heterocycles. The molecule has 0 aromatic heterocycles. The summed E-state index contributed by atoms with van der Waals surface area (Å²) in [4.78, 5) is 2.59. The molecule has 0 bridgehead atoms. The van der Waals surface area contributed by atoms with Crippen LogP contribution in [-0.4, -0.2) is 36.6 Å². The summed E-state index contributed by atoms with van der Waals surface area (Å²) < 4.78 is 12.9. The molecule has 2 nitrogen and oxygen atoms in total. The van der Waals surface area contributed by atoms with E-state index in [0.717, 1.165) is 12.6 Å². The molecule has 110 valence electrons. The van der Waals surface area contributed by atoms with Gasteiger partial charge in [-0.2, -0.15) is 0 Å². The quantitative estimate of drug-likeness (QED) is 0.889. The number of likely N-dealkylation sites (tertiary alicyclic amines) is 1. The number of nitrogens with zero attached hydrogens (tertiary/aromatic N) is 1. The van der Waals surface area contributed by atoms with Gasteiger partial charge < -0.3 is 5.32 Å². The van der Waals surface area contributed by atoms with Gasteiger partial charge in [-0.05, 0) is 62.4 Å². The summed E-state index contributed by atoms with van der Waals surface area (Å²) in [6, 6.07) is 8.42. The van der Waals surface area contributed by atoms with Crippen LogP contribution in [0.5, 0.6) is 0 Å². The summed E-state index contributed by atoms with van der Waals surface area (Å²) in [5.74, 6) is 0.489. The van der Waals surface area contributed by atoms with Gasteiger partial charge in [0.05, 0.1) is 0 Å². The smallest absolute Gasteiger partial charge is 0.123 e. The number of rotatable bonds is 5. The minimum Gasteiger partial charge on any atom is -0.312 e. The Morgan fingerprint density at radius 1 is 1.25 bits per heavy atom. The van der Waals surface area contributed by atoms with Crippen LogP contribution in [0.1, 0.15) is 44.1 Å². The Labute approximate surface area is 121 Å². The minimum absolute atomic E-state index is 0.136. The van der Waals surface area contributed by atoms with Gasteiger partial charge >= 0.3 is 0 Å². The van der Waals surface area contributed by atoms with Crippen molar-refractivity contribution in [3.05, 3.63) is 35.6 Å². The normalized spacial score (nSPS) is 30.4. The van der Waals surface area contributed by atoms with E-state index < -0.39 is 0 Å². The third-order valence-corrected chi connectivity index (χ3v) is 5.03. The van der Waals surface area contributed by atoms with Crippen LogP contribution in [0.4, 0.5) is 4.39 Å². The Morgan fingerprint density at radius 2 is 2.00 bits per heavy atom. The summed E-state index contributed by atoms with van der Waals surface area (Å²) in [6.07, 6.45) is 5.09. The van der Waals surface area contributed by atoms with Gasteiger partial charge in [0.1, 0.15) is 5.82 Å². The van der Waals surface area contributed by atoms with Crippen molar-refractivity contribution in [2.24, 2.45) is 0 Å². The number of nitrogens with one attached hydrogen (secondary N) is 1. The average molecular weight is 276 g/mol. The molecule has 1 N–H and O–H groups in total. The van der Waals surface area contributed by atoms with E-state index in [0.29, 0.717) is 12.0 Å². The average Bonchev–Trinajstić information content (AvgIpc) is 2.86. The van der Waals surface area contributed by atoms with Crippen molar-refractivity contribution in [1.29, 1.82) is 0 Å². The van der Waals surface area contributed by atoms with Crippen molar-refractivity contribution in [2.45, 2.75) is 50.6 Å². The highest BCUT2D eigenvalue weighted by atomic mass is 19.1. The zero-order valence-corrected chi connectivity index (χ0v) is 12.3. The molecule has 2 fully saturated rings. The van der Waals surface area contributed by atoms with Gasteiger partial charge in [-0.25, -0.2) is 4.39 Å². The Balaban J connectivity index is 1.41. The van der Waals surface area contributed by atoms with E-state index in [4.69, 9.17) is 0 Å². The Kier molecular flexibility index (Phi) is 4.37. The van der Waals surface area contributed by atoms with Crippen molar-refractivity contribution >= 4 is 0 Å². The third kappa shape index (κ3) is 3.04. The molecule has 0 amide bonds. The zero-order chi connectivity index (χ0) is 13.9. The van der Waals surface area contributed by atoms with Crippen LogP contribution in [0.25, 0.3) is 0 Å². The van der Waals surface area contributed by atoms with Crippen LogP contribution in [0, 0.1) is 5.82 Å². The van der Waals surface area contributed by atoms with Crippen LogP contribution >= 0.6 is 0 Å². The molecular formula is C17H25FN2. The number of benzene rings is 1. The largest absolute Gasteiger partial charge is 0.312 e. The number of hydrogen-bond acceptors (Lipinski definition) is 2. The monoisotopic (exact) mass is 276 g/mol. The molecule has 1 aliphatic carbocycles. The van der Waals surface area contributed by atoms with E-state index in [1.54, 1.807) is 12.1 Å². The molecule has 1 aliphatic heterocycles. The summed E-state index contributed by atoms with van der Waals surface area (Å²) in [5, 5.41) is 3.72. The second-order valence-electron chi connectivity index (χ2n) is 6.25. The van der Waals surface area contributed by atoms with E-state index in [2.05, 4.69) is 17.1 Å². The standard InChI is InChI=1S/C17H25FN2/c1-2-20-9-3-4-17(20)12-19-16-10-14(11-16)13-5-7-15(18)8-6-13/h5-8,14,16-17,19H,2-4,9-12H2,1H3. The lowest BCUT2D eigenvalue weighted by atomic mass is 9.76. The molecule has 0 radical (unpaired) electrons. The van der Waals surface area contributed by atoms with E-state index in [1.807, 2.05) is 12.1 Å². The van der Waals surface area contributed by atoms with E-state index in [-0.39, 0.29) is 5.82 Å². The first-order chi connectivity index (χ1) is 9.76. The molecule has 1 aromatic carbocycles. The highest BCUT2D eigenvalue weighted by Gasteiger charge is 2.31. The van der Waals surface area contributed by atoms with Crippen LogP contribution in [0.2, 0.25) is 0 Å². The van der Waals surface area contributed by atoms with E-state index >= 15 is 0 Å². The second kappa shape index (κ2) is 6.23. The molecule has 1 unspecified atom stereocenters. The molecule has 1 saturated carbocycles. The minimum atomic E-state index is -0.136. The Morgan fingerprint density at radius 3 is 2.70 bits per heavy atom. The van der Waals surface area contributed by atoms with Gasteiger partial charge in [0.15, 0.2) is 0 Å². The molecule has 1 heterocycles. The maximum atomic E-state index is 12.9. The van der Waals surface area contributed by atoms with Gasteiger partial charge in [-0.15, -0.1) is 0 Å². The number of hydrogen-bond donors (Lipinski definition) is 1.